The number of hydrogen-bond acceptors (Lipinski definition) is 1. The lowest BCUT2D eigenvalue weighted by Crippen LogP contribution is -1.94. The summed E-state index contributed by atoms with van der Waals surface area (Å²) in [6.07, 6.45) is 9.63. The second kappa shape index (κ2) is 5.87. The highest BCUT2D eigenvalue weighted by atomic mass is 16.2. The average Bonchev–Trinajstić information content (AvgIpc) is 3.08. The SMILES string of the molecule is CC(C)=C1C(C2=C(CCCO)C=CC2)=Cc2ccccc21. The van der Waals surface area contributed by atoms with Crippen LogP contribution in [0.2, 0.25) is 0 Å². The Morgan fingerprint density at radius 2 is 2.00 bits per heavy atom. The minimum atomic E-state index is 0.263. The first-order chi connectivity index (χ1) is 10.2. The monoisotopic (exact) mass is 278 g/mol. The summed E-state index contributed by atoms with van der Waals surface area (Å²) in [6.45, 7) is 4.66. The van der Waals surface area contributed by atoms with Crippen molar-refractivity contribution in [1.82, 2.24) is 0 Å². The molecule has 1 aromatic carbocycles. The molecule has 0 aromatic heterocycles. The number of rotatable bonds is 4. The molecule has 0 radical (unpaired) electrons. The number of fused-ring (bicyclic) bond motifs is 1. The highest BCUT2D eigenvalue weighted by molar-refractivity contribution is 5.99. The highest BCUT2D eigenvalue weighted by Crippen LogP contribution is 2.44. The molecular weight excluding hydrogens is 256 g/mol. The van der Waals surface area contributed by atoms with Crippen LogP contribution in [0.25, 0.3) is 11.6 Å². The molecule has 0 atom stereocenters. The number of aliphatic hydroxyl groups is 1. The molecule has 0 heterocycles. The van der Waals surface area contributed by atoms with Gasteiger partial charge >= 0.3 is 0 Å². The van der Waals surface area contributed by atoms with Crippen LogP contribution in [0.1, 0.15) is 44.2 Å². The number of aliphatic hydroxyl groups excluding tert-OH is 1. The molecule has 21 heavy (non-hydrogen) atoms. The molecular formula is C20H22O. The van der Waals surface area contributed by atoms with Gasteiger partial charge in [-0.15, -0.1) is 0 Å². The molecule has 1 nitrogen and oxygen atoms in total. The van der Waals surface area contributed by atoms with Gasteiger partial charge in [0.15, 0.2) is 0 Å². The number of allylic oxidation sites excluding steroid dienone is 7. The van der Waals surface area contributed by atoms with Gasteiger partial charge in [-0.1, -0.05) is 42.0 Å². The first-order valence-electron chi connectivity index (χ1n) is 7.71. The molecule has 1 N–H and O–H groups in total. The molecule has 0 aliphatic heterocycles. The predicted molar refractivity (Wildman–Crippen MR) is 89.8 cm³/mol. The van der Waals surface area contributed by atoms with Crippen LogP contribution in [0.4, 0.5) is 0 Å². The Bertz CT molecular complexity index is 680. The summed E-state index contributed by atoms with van der Waals surface area (Å²) < 4.78 is 0. The lowest BCUT2D eigenvalue weighted by Gasteiger charge is -2.13. The van der Waals surface area contributed by atoms with E-state index in [9.17, 15) is 0 Å². The smallest absolute Gasteiger partial charge is 0.0434 e. The maximum absolute atomic E-state index is 9.09. The van der Waals surface area contributed by atoms with Crippen LogP contribution < -0.4 is 0 Å². The van der Waals surface area contributed by atoms with Crippen LogP contribution in [0.3, 0.4) is 0 Å². The van der Waals surface area contributed by atoms with E-state index in [-0.39, 0.29) is 6.61 Å². The van der Waals surface area contributed by atoms with E-state index < -0.39 is 0 Å². The van der Waals surface area contributed by atoms with Gasteiger partial charge < -0.3 is 5.11 Å². The summed E-state index contributed by atoms with van der Waals surface area (Å²) in [5, 5.41) is 9.09. The Balaban J connectivity index is 2.06. The van der Waals surface area contributed by atoms with Gasteiger partial charge in [0.2, 0.25) is 0 Å². The zero-order chi connectivity index (χ0) is 14.8. The number of hydrogen-bond donors (Lipinski definition) is 1. The van der Waals surface area contributed by atoms with E-state index >= 15 is 0 Å². The van der Waals surface area contributed by atoms with Gasteiger partial charge in [0.1, 0.15) is 0 Å². The maximum atomic E-state index is 9.09. The minimum Gasteiger partial charge on any atom is -0.396 e. The summed E-state index contributed by atoms with van der Waals surface area (Å²) in [5.41, 5.74) is 9.66. The van der Waals surface area contributed by atoms with E-state index in [2.05, 4.69) is 56.3 Å². The topological polar surface area (TPSA) is 20.2 Å². The Morgan fingerprint density at radius 1 is 1.19 bits per heavy atom. The fourth-order valence-corrected chi connectivity index (χ4v) is 3.34. The normalized spacial score (nSPS) is 16.5. The Kier molecular flexibility index (Phi) is 3.94. The van der Waals surface area contributed by atoms with Crippen molar-refractivity contribution in [1.29, 1.82) is 0 Å². The van der Waals surface area contributed by atoms with Crippen LogP contribution in [0.15, 0.2) is 58.7 Å². The first kappa shape index (κ1) is 14.1. The van der Waals surface area contributed by atoms with E-state index in [1.54, 1.807) is 0 Å². The Labute approximate surface area is 127 Å². The average molecular weight is 278 g/mol. The molecule has 1 heteroatoms. The first-order valence-corrected chi connectivity index (χ1v) is 7.71. The third-order valence-corrected chi connectivity index (χ3v) is 4.26. The van der Waals surface area contributed by atoms with Gasteiger partial charge in [0.05, 0.1) is 0 Å². The zero-order valence-corrected chi connectivity index (χ0v) is 12.8. The summed E-state index contributed by atoms with van der Waals surface area (Å²) in [5.74, 6) is 0. The van der Waals surface area contributed by atoms with Crippen molar-refractivity contribution in [2.45, 2.75) is 33.1 Å². The fourth-order valence-electron chi connectivity index (χ4n) is 3.34. The predicted octanol–water partition coefficient (Wildman–Crippen LogP) is 4.91. The molecule has 0 amide bonds. The van der Waals surface area contributed by atoms with E-state index in [1.165, 1.54) is 39.0 Å². The molecule has 2 aliphatic carbocycles. The summed E-state index contributed by atoms with van der Waals surface area (Å²) in [7, 11) is 0. The van der Waals surface area contributed by atoms with E-state index in [1.807, 2.05) is 0 Å². The molecule has 1 aromatic rings. The lowest BCUT2D eigenvalue weighted by molar-refractivity contribution is 0.289. The van der Waals surface area contributed by atoms with Gasteiger partial charge in [-0.25, -0.2) is 0 Å². The van der Waals surface area contributed by atoms with E-state index in [0.717, 1.165) is 19.3 Å². The van der Waals surface area contributed by atoms with Crippen molar-refractivity contribution >= 4 is 11.6 Å². The van der Waals surface area contributed by atoms with E-state index in [0.29, 0.717) is 0 Å². The van der Waals surface area contributed by atoms with Gasteiger partial charge in [0.25, 0.3) is 0 Å². The van der Waals surface area contributed by atoms with Crippen molar-refractivity contribution in [2.24, 2.45) is 0 Å². The largest absolute Gasteiger partial charge is 0.396 e. The Morgan fingerprint density at radius 3 is 2.76 bits per heavy atom. The molecule has 108 valence electrons. The standard InChI is InChI=1S/C20H22O/c1-14(2)20-18-10-4-3-7-16(18)13-19(20)17-11-5-8-15(17)9-6-12-21/h3-5,7-8,10,13,21H,6,9,11-12H2,1-2H3. The zero-order valence-electron chi connectivity index (χ0n) is 12.8. The van der Waals surface area contributed by atoms with Crippen LogP contribution in [0, 0.1) is 0 Å². The van der Waals surface area contributed by atoms with Crippen molar-refractivity contribution in [3.63, 3.8) is 0 Å². The fraction of sp³-hybridized carbons (Fsp3) is 0.300. The van der Waals surface area contributed by atoms with Crippen molar-refractivity contribution in [3.05, 3.63) is 69.8 Å². The molecule has 0 saturated carbocycles. The van der Waals surface area contributed by atoms with Crippen LogP contribution >= 0.6 is 0 Å². The maximum Gasteiger partial charge on any atom is 0.0434 e. The third kappa shape index (κ3) is 2.54. The number of benzene rings is 1. The van der Waals surface area contributed by atoms with Crippen molar-refractivity contribution < 1.29 is 5.11 Å². The second-order valence-electron chi connectivity index (χ2n) is 5.96. The van der Waals surface area contributed by atoms with Crippen molar-refractivity contribution in [3.8, 4) is 0 Å². The molecule has 0 spiro atoms. The Hall–Kier alpha value is -1.86. The van der Waals surface area contributed by atoms with Gasteiger partial charge in [-0.05, 0) is 72.6 Å². The summed E-state index contributed by atoms with van der Waals surface area (Å²) in [4.78, 5) is 0. The molecule has 3 rings (SSSR count). The molecule has 2 aliphatic rings. The lowest BCUT2D eigenvalue weighted by atomic mass is 9.90. The molecule has 0 bridgehead atoms. The van der Waals surface area contributed by atoms with Crippen LogP contribution in [-0.2, 0) is 0 Å². The highest BCUT2D eigenvalue weighted by Gasteiger charge is 2.24. The quantitative estimate of drug-likeness (QED) is 0.830. The summed E-state index contributed by atoms with van der Waals surface area (Å²) in [6, 6.07) is 8.64. The molecule has 0 saturated heterocycles. The van der Waals surface area contributed by atoms with E-state index in [4.69, 9.17) is 5.11 Å². The van der Waals surface area contributed by atoms with Crippen LogP contribution in [-0.4, -0.2) is 11.7 Å². The van der Waals surface area contributed by atoms with Crippen molar-refractivity contribution in [2.75, 3.05) is 6.61 Å². The minimum absolute atomic E-state index is 0.263. The second-order valence-corrected chi connectivity index (χ2v) is 5.96. The van der Waals surface area contributed by atoms with Crippen LogP contribution in [0.5, 0.6) is 0 Å². The van der Waals surface area contributed by atoms with Gasteiger partial charge in [-0.2, -0.15) is 0 Å². The summed E-state index contributed by atoms with van der Waals surface area (Å²) >= 11 is 0. The molecule has 0 fully saturated rings. The third-order valence-electron chi connectivity index (χ3n) is 4.26. The van der Waals surface area contributed by atoms with Gasteiger partial charge in [0, 0.05) is 6.61 Å². The van der Waals surface area contributed by atoms with Gasteiger partial charge in [-0.3, -0.25) is 0 Å². The molecule has 0 unspecified atom stereocenters.